The number of ether oxygens (including phenoxy) is 1. The molecule has 0 saturated carbocycles. The molecule has 7 heteroatoms. The smallest absolute Gasteiger partial charge is 0.276 e. The lowest BCUT2D eigenvalue weighted by atomic mass is 10.0. The molecule has 0 spiro atoms. The van der Waals surface area contributed by atoms with E-state index in [1.54, 1.807) is 11.0 Å². The van der Waals surface area contributed by atoms with E-state index < -0.39 is 5.60 Å². The lowest BCUT2D eigenvalue weighted by Crippen LogP contribution is -2.53. The highest BCUT2D eigenvalue weighted by molar-refractivity contribution is 5.93. The summed E-state index contributed by atoms with van der Waals surface area (Å²) in [6.07, 6.45) is 2.31. The van der Waals surface area contributed by atoms with Crippen LogP contribution in [-0.4, -0.2) is 77.5 Å². The Bertz CT molecular complexity index is 773. The summed E-state index contributed by atoms with van der Waals surface area (Å²) >= 11 is 0. The van der Waals surface area contributed by atoms with E-state index >= 15 is 0 Å². The van der Waals surface area contributed by atoms with Crippen LogP contribution in [0.4, 0.5) is 0 Å². The highest BCUT2D eigenvalue weighted by Gasteiger charge is 2.37. The van der Waals surface area contributed by atoms with Gasteiger partial charge in [0.05, 0.1) is 19.8 Å². The summed E-state index contributed by atoms with van der Waals surface area (Å²) in [5.74, 6) is 0.309. The molecule has 2 saturated heterocycles. The van der Waals surface area contributed by atoms with Crippen molar-refractivity contribution in [2.75, 3.05) is 45.9 Å². The van der Waals surface area contributed by atoms with E-state index in [1.165, 1.54) is 0 Å². The maximum atomic E-state index is 12.9. The summed E-state index contributed by atoms with van der Waals surface area (Å²) in [4.78, 5) is 16.8. The Morgan fingerprint density at radius 3 is 2.74 bits per heavy atom. The molecule has 2 fully saturated rings. The fourth-order valence-corrected chi connectivity index (χ4v) is 3.82. The third-order valence-electron chi connectivity index (χ3n) is 5.15. The molecule has 27 heavy (non-hydrogen) atoms. The van der Waals surface area contributed by atoms with E-state index in [1.807, 2.05) is 30.3 Å². The van der Waals surface area contributed by atoms with E-state index in [4.69, 9.17) is 9.26 Å². The predicted molar refractivity (Wildman–Crippen MR) is 99.3 cm³/mol. The number of benzene rings is 1. The fourth-order valence-electron chi connectivity index (χ4n) is 3.82. The van der Waals surface area contributed by atoms with Gasteiger partial charge in [-0.05, 0) is 25.9 Å². The van der Waals surface area contributed by atoms with E-state index in [0.717, 1.165) is 31.5 Å². The molecule has 0 aliphatic carbocycles. The van der Waals surface area contributed by atoms with E-state index in [0.29, 0.717) is 25.5 Å². The quantitative estimate of drug-likeness (QED) is 0.880. The van der Waals surface area contributed by atoms with E-state index in [9.17, 15) is 9.90 Å². The largest absolute Gasteiger partial charge is 0.384 e. The number of hydrogen-bond donors (Lipinski definition) is 1. The van der Waals surface area contributed by atoms with Gasteiger partial charge in [0, 0.05) is 24.7 Å². The number of rotatable bonds is 4. The second-order valence-corrected chi connectivity index (χ2v) is 7.43. The monoisotopic (exact) mass is 371 g/mol. The summed E-state index contributed by atoms with van der Waals surface area (Å²) < 4.78 is 11.0. The molecule has 1 aromatic heterocycles. The van der Waals surface area contributed by atoms with E-state index in [2.05, 4.69) is 10.1 Å². The first-order valence-electron chi connectivity index (χ1n) is 9.47. The van der Waals surface area contributed by atoms with Crippen molar-refractivity contribution in [2.45, 2.75) is 18.4 Å². The van der Waals surface area contributed by atoms with Crippen molar-refractivity contribution in [1.82, 2.24) is 15.0 Å². The number of nitrogens with zero attached hydrogens (tertiary/aromatic N) is 3. The molecule has 2 aliphatic rings. The molecule has 1 N–H and O–H groups in total. The average molecular weight is 371 g/mol. The molecule has 3 heterocycles. The molecular formula is C20H25N3O4. The minimum absolute atomic E-state index is 0.232. The molecular weight excluding hydrogens is 346 g/mol. The van der Waals surface area contributed by atoms with Crippen LogP contribution in [0.1, 0.15) is 23.3 Å². The van der Waals surface area contributed by atoms with Crippen molar-refractivity contribution in [3.8, 4) is 11.3 Å². The van der Waals surface area contributed by atoms with Crippen LogP contribution in [0.3, 0.4) is 0 Å². The topological polar surface area (TPSA) is 79.0 Å². The molecule has 4 rings (SSSR count). The van der Waals surface area contributed by atoms with Crippen molar-refractivity contribution in [2.24, 2.45) is 0 Å². The highest BCUT2D eigenvalue weighted by Crippen LogP contribution is 2.22. The summed E-state index contributed by atoms with van der Waals surface area (Å²) in [6, 6.07) is 11.2. The van der Waals surface area contributed by atoms with Crippen LogP contribution in [0.15, 0.2) is 40.9 Å². The van der Waals surface area contributed by atoms with Gasteiger partial charge in [0.15, 0.2) is 11.5 Å². The number of likely N-dealkylation sites (tertiary alicyclic amines) is 1. The van der Waals surface area contributed by atoms with Crippen LogP contribution in [-0.2, 0) is 4.74 Å². The SMILES string of the molecule is O=C(c1cc(-c2ccccc2)on1)N1CCOC[C@@](O)(CN2CCCC2)C1. The first-order valence-corrected chi connectivity index (χ1v) is 9.47. The van der Waals surface area contributed by atoms with Crippen molar-refractivity contribution in [3.63, 3.8) is 0 Å². The number of hydrogen-bond acceptors (Lipinski definition) is 6. The Balaban J connectivity index is 1.48. The van der Waals surface area contributed by atoms with Gasteiger partial charge >= 0.3 is 0 Å². The Morgan fingerprint density at radius 2 is 1.96 bits per heavy atom. The maximum absolute atomic E-state index is 12.9. The Morgan fingerprint density at radius 1 is 1.19 bits per heavy atom. The van der Waals surface area contributed by atoms with Crippen molar-refractivity contribution >= 4 is 5.91 Å². The Kier molecular flexibility index (Phi) is 5.24. The number of aliphatic hydroxyl groups is 1. The third kappa shape index (κ3) is 4.21. The Labute approximate surface area is 158 Å². The minimum atomic E-state index is -1.07. The lowest BCUT2D eigenvalue weighted by molar-refractivity contribution is -0.0524. The van der Waals surface area contributed by atoms with Gasteiger partial charge in [-0.3, -0.25) is 4.79 Å². The van der Waals surface area contributed by atoms with Crippen LogP contribution in [0.25, 0.3) is 11.3 Å². The van der Waals surface area contributed by atoms with Crippen LogP contribution in [0.5, 0.6) is 0 Å². The van der Waals surface area contributed by atoms with Gasteiger partial charge in [-0.25, -0.2) is 0 Å². The molecule has 0 radical (unpaired) electrons. The van der Waals surface area contributed by atoms with Crippen LogP contribution in [0.2, 0.25) is 0 Å². The van der Waals surface area contributed by atoms with Crippen LogP contribution < -0.4 is 0 Å². The zero-order valence-electron chi connectivity index (χ0n) is 15.3. The van der Waals surface area contributed by atoms with Crippen LogP contribution in [0, 0.1) is 0 Å². The fraction of sp³-hybridized carbons (Fsp3) is 0.500. The standard InChI is InChI=1S/C20H25N3O4/c24-19(17-12-18(27-21-17)16-6-2-1-3-7-16)23-10-11-26-15-20(25,14-23)13-22-8-4-5-9-22/h1-3,6-7,12,25H,4-5,8-11,13-15H2/t20-/m1/s1. The van der Waals surface area contributed by atoms with Crippen molar-refractivity contribution < 1.29 is 19.2 Å². The first kappa shape index (κ1) is 18.2. The zero-order chi connectivity index (χ0) is 18.7. The summed E-state index contributed by atoms with van der Waals surface area (Å²) in [5, 5.41) is 15.0. The molecule has 0 unspecified atom stereocenters. The molecule has 2 aromatic rings. The van der Waals surface area contributed by atoms with Gasteiger partial charge in [0.1, 0.15) is 5.60 Å². The lowest BCUT2D eigenvalue weighted by Gasteiger charge is -2.33. The van der Waals surface area contributed by atoms with E-state index in [-0.39, 0.29) is 24.8 Å². The normalized spacial score (nSPS) is 24.1. The number of carbonyl (C=O) groups is 1. The van der Waals surface area contributed by atoms with Crippen molar-refractivity contribution in [1.29, 1.82) is 0 Å². The highest BCUT2D eigenvalue weighted by atomic mass is 16.5. The molecule has 2 aliphatic heterocycles. The van der Waals surface area contributed by atoms with Gasteiger partial charge in [0.2, 0.25) is 0 Å². The zero-order valence-corrected chi connectivity index (χ0v) is 15.3. The molecule has 1 amide bonds. The number of amides is 1. The van der Waals surface area contributed by atoms with Gasteiger partial charge in [0.25, 0.3) is 5.91 Å². The second kappa shape index (κ2) is 7.80. The molecule has 1 atom stereocenters. The summed E-state index contributed by atoms with van der Waals surface area (Å²) in [5.41, 5.74) is 0.0516. The molecule has 1 aromatic carbocycles. The van der Waals surface area contributed by atoms with Gasteiger partial charge in [-0.2, -0.15) is 0 Å². The predicted octanol–water partition coefficient (Wildman–Crippen LogP) is 1.64. The minimum Gasteiger partial charge on any atom is -0.384 e. The Hall–Kier alpha value is -2.22. The number of carbonyl (C=O) groups excluding carboxylic acids is 1. The average Bonchev–Trinajstić information content (AvgIpc) is 3.33. The molecule has 0 bridgehead atoms. The van der Waals surface area contributed by atoms with Crippen molar-refractivity contribution in [3.05, 3.63) is 42.1 Å². The van der Waals surface area contributed by atoms with Crippen LogP contribution >= 0.6 is 0 Å². The summed E-state index contributed by atoms with van der Waals surface area (Å²) in [6.45, 7) is 3.79. The summed E-state index contributed by atoms with van der Waals surface area (Å²) in [7, 11) is 0. The maximum Gasteiger partial charge on any atom is 0.276 e. The van der Waals surface area contributed by atoms with Gasteiger partial charge in [-0.1, -0.05) is 35.5 Å². The number of aromatic nitrogens is 1. The molecule has 7 nitrogen and oxygen atoms in total. The van der Waals surface area contributed by atoms with Gasteiger partial charge < -0.3 is 24.2 Å². The number of β-amino-alcohol motifs (C(OH)–C–C–N with tert-alkyl or cyclic N) is 1. The third-order valence-corrected chi connectivity index (χ3v) is 5.15. The van der Waals surface area contributed by atoms with Gasteiger partial charge in [-0.15, -0.1) is 0 Å². The first-order chi connectivity index (χ1) is 13.1. The molecule has 144 valence electrons. The second-order valence-electron chi connectivity index (χ2n) is 7.43.